The van der Waals surface area contributed by atoms with Gasteiger partial charge in [-0.15, -0.1) is 0 Å². The van der Waals surface area contributed by atoms with Gasteiger partial charge in [-0.05, 0) is 43.6 Å². The van der Waals surface area contributed by atoms with Crippen LogP contribution in [0.5, 0.6) is 0 Å². The van der Waals surface area contributed by atoms with Gasteiger partial charge in [-0.1, -0.05) is 23.7 Å². The fourth-order valence-electron chi connectivity index (χ4n) is 2.96. The molecule has 2 aromatic rings. The number of carbonyl (C=O) groups excluding carboxylic acids is 2. The highest BCUT2D eigenvalue weighted by Crippen LogP contribution is 2.34. The van der Waals surface area contributed by atoms with Crippen molar-refractivity contribution in [1.29, 1.82) is 0 Å². The molecule has 0 bridgehead atoms. The SMILES string of the molecule is NCC(CN)CCN1C(=O)c2cccc3c(Cl)ccc(c23)C1=O. The van der Waals surface area contributed by atoms with Gasteiger partial charge in [0.25, 0.3) is 11.8 Å². The summed E-state index contributed by atoms with van der Waals surface area (Å²) < 4.78 is 0. The minimum atomic E-state index is -0.289. The van der Waals surface area contributed by atoms with Gasteiger partial charge in [0, 0.05) is 33.5 Å². The molecule has 0 unspecified atom stereocenters. The molecule has 2 amide bonds. The standard InChI is InChI=1S/C17H18ClN3O2/c18-14-5-4-13-15-11(14)2-1-3-12(15)16(22)21(17(13)23)7-6-10(8-19)9-20/h1-5,10H,6-9,19-20H2. The van der Waals surface area contributed by atoms with Crippen LogP contribution in [0.1, 0.15) is 27.1 Å². The van der Waals surface area contributed by atoms with Crippen molar-refractivity contribution < 1.29 is 9.59 Å². The van der Waals surface area contributed by atoms with Crippen molar-refractivity contribution >= 4 is 34.2 Å². The Hall–Kier alpha value is -1.95. The van der Waals surface area contributed by atoms with Crippen LogP contribution in [0.2, 0.25) is 5.02 Å². The molecule has 0 spiro atoms. The summed E-state index contributed by atoms with van der Waals surface area (Å²) in [4.78, 5) is 26.7. The van der Waals surface area contributed by atoms with E-state index >= 15 is 0 Å². The first-order valence-electron chi connectivity index (χ1n) is 7.56. The molecule has 0 saturated heterocycles. The molecule has 0 aliphatic carbocycles. The van der Waals surface area contributed by atoms with Gasteiger partial charge in [0.2, 0.25) is 0 Å². The molecule has 0 saturated carbocycles. The maximum Gasteiger partial charge on any atom is 0.261 e. The van der Waals surface area contributed by atoms with E-state index in [4.69, 9.17) is 23.1 Å². The molecule has 1 aliphatic heterocycles. The van der Waals surface area contributed by atoms with Crippen molar-refractivity contribution in [2.75, 3.05) is 19.6 Å². The highest BCUT2D eigenvalue weighted by Gasteiger charge is 2.33. The predicted molar refractivity (Wildman–Crippen MR) is 90.5 cm³/mol. The van der Waals surface area contributed by atoms with Crippen LogP contribution in [0.25, 0.3) is 10.8 Å². The monoisotopic (exact) mass is 331 g/mol. The van der Waals surface area contributed by atoms with Gasteiger partial charge in [0.15, 0.2) is 0 Å². The number of amides is 2. The second-order valence-electron chi connectivity index (χ2n) is 5.71. The quantitative estimate of drug-likeness (QED) is 0.820. The number of rotatable bonds is 5. The molecule has 3 rings (SSSR count). The number of hydrogen-bond acceptors (Lipinski definition) is 4. The topological polar surface area (TPSA) is 89.4 Å². The number of nitrogens with zero attached hydrogens (tertiary/aromatic N) is 1. The normalized spacial score (nSPS) is 14.2. The van der Waals surface area contributed by atoms with Crippen molar-refractivity contribution in [2.45, 2.75) is 6.42 Å². The third-order valence-electron chi connectivity index (χ3n) is 4.37. The number of nitrogens with two attached hydrogens (primary N) is 2. The zero-order valence-electron chi connectivity index (χ0n) is 12.6. The Morgan fingerprint density at radius 2 is 1.65 bits per heavy atom. The number of benzene rings is 2. The maximum absolute atomic E-state index is 12.7. The molecular weight excluding hydrogens is 314 g/mol. The molecule has 0 aromatic heterocycles. The van der Waals surface area contributed by atoms with Gasteiger partial charge < -0.3 is 11.5 Å². The summed E-state index contributed by atoms with van der Waals surface area (Å²) in [6.07, 6.45) is 0.601. The minimum absolute atomic E-state index is 0.0954. The molecule has 6 heteroatoms. The fourth-order valence-corrected chi connectivity index (χ4v) is 3.18. The average Bonchev–Trinajstić information content (AvgIpc) is 2.57. The molecule has 2 aromatic carbocycles. The molecule has 0 radical (unpaired) electrons. The zero-order chi connectivity index (χ0) is 16.6. The van der Waals surface area contributed by atoms with Crippen LogP contribution in [-0.2, 0) is 0 Å². The number of imide groups is 1. The molecule has 1 aliphatic rings. The fraction of sp³-hybridized carbons (Fsp3) is 0.294. The lowest BCUT2D eigenvalue weighted by atomic mass is 9.93. The smallest absolute Gasteiger partial charge is 0.261 e. The molecule has 5 nitrogen and oxygen atoms in total. The molecule has 0 atom stereocenters. The van der Waals surface area contributed by atoms with E-state index in [1.807, 2.05) is 6.07 Å². The van der Waals surface area contributed by atoms with Crippen LogP contribution in [0.15, 0.2) is 30.3 Å². The summed E-state index contributed by atoms with van der Waals surface area (Å²) in [5.41, 5.74) is 12.3. The van der Waals surface area contributed by atoms with E-state index < -0.39 is 0 Å². The summed E-state index contributed by atoms with van der Waals surface area (Å²) in [6, 6.07) is 8.70. The van der Waals surface area contributed by atoms with Crippen molar-refractivity contribution in [1.82, 2.24) is 4.90 Å². The van der Waals surface area contributed by atoms with Gasteiger partial charge in [-0.3, -0.25) is 14.5 Å². The Labute approximate surface area is 139 Å². The van der Waals surface area contributed by atoms with Crippen LogP contribution in [-0.4, -0.2) is 36.3 Å². The van der Waals surface area contributed by atoms with E-state index in [0.29, 0.717) is 47.6 Å². The molecule has 120 valence electrons. The molecular formula is C17H18ClN3O2. The molecule has 4 N–H and O–H groups in total. The van der Waals surface area contributed by atoms with Crippen molar-refractivity contribution in [3.05, 3.63) is 46.5 Å². The van der Waals surface area contributed by atoms with E-state index in [0.717, 1.165) is 5.39 Å². The first-order valence-corrected chi connectivity index (χ1v) is 7.93. The Morgan fingerprint density at radius 1 is 1.00 bits per heavy atom. The predicted octanol–water partition coefficient (Wildman–Crippen LogP) is 2.01. The summed E-state index contributed by atoms with van der Waals surface area (Å²) in [7, 11) is 0. The van der Waals surface area contributed by atoms with Crippen LogP contribution in [0, 0.1) is 5.92 Å². The molecule has 23 heavy (non-hydrogen) atoms. The lowest BCUT2D eigenvalue weighted by molar-refractivity contribution is 0.0602. The van der Waals surface area contributed by atoms with Crippen molar-refractivity contribution in [2.24, 2.45) is 17.4 Å². The molecule has 0 fully saturated rings. The van der Waals surface area contributed by atoms with Gasteiger partial charge >= 0.3 is 0 Å². The summed E-state index contributed by atoms with van der Waals surface area (Å²) >= 11 is 6.19. The van der Waals surface area contributed by atoms with E-state index in [1.54, 1.807) is 24.3 Å². The van der Waals surface area contributed by atoms with Crippen molar-refractivity contribution in [3.63, 3.8) is 0 Å². The van der Waals surface area contributed by atoms with Gasteiger partial charge in [-0.25, -0.2) is 0 Å². The Morgan fingerprint density at radius 3 is 2.30 bits per heavy atom. The first kappa shape index (κ1) is 15.9. The van der Waals surface area contributed by atoms with Crippen LogP contribution >= 0.6 is 11.6 Å². The maximum atomic E-state index is 12.7. The zero-order valence-corrected chi connectivity index (χ0v) is 13.3. The largest absolute Gasteiger partial charge is 0.330 e. The number of hydrogen-bond donors (Lipinski definition) is 2. The second kappa shape index (κ2) is 6.28. The van der Waals surface area contributed by atoms with Crippen molar-refractivity contribution in [3.8, 4) is 0 Å². The van der Waals surface area contributed by atoms with Gasteiger partial charge in [0.05, 0.1) is 0 Å². The van der Waals surface area contributed by atoms with E-state index in [9.17, 15) is 9.59 Å². The van der Waals surface area contributed by atoms with Gasteiger partial charge in [-0.2, -0.15) is 0 Å². The third-order valence-corrected chi connectivity index (χ3v) is 4.70. The Balaban J connectivity index is 2.01. The van der Waals surface area contributed by atoms with E-state index in [-0.39, 0.29) is 17.7 Å². The summed E-state index contributed by atoms with van der Waals surface area (Å²) in [6.45, 7) is 1.19. The Bertz CT molecular complexity index is 764. The van der Waals surface area contributed by atoms with Crippen LogP contribution in [0.3, 0.4) is 0 Å². The van der Waals surface area contributed by atoms with E-state index in [2.05, 4.69) is 0 Å². The highest BCUT2D eigenvalue weighted by molar-refractivity contribution is 6.38. The Kier molecular flexibility index (Phi) is 4.35. The van der Waals surface area contributed by atoms with Crippen LogP contribution < -0.4 is 11.5 Å². The summed E-state index contributed by atoms with van der Waals surface area (Å²) in [5, 5.41) is 1.90. The first-order chi connectivity index (χ1) is 11.1. The third kappa shape index (κ3) is 2.61. The lowest BCUT2D eigenvalue weighted by Gasteiger charge is -2.28. The molecule has 1 heterocycles. The summed E-state index contributed by atoms with van der Waals surface area (Å²) in [5.74, 6) is -0.482. The lowest BCUT2D eigenvalue weighted by Crippen LogP contribution is -2.42. The highest BCUT2D eigenvalue weighted by atomic mass is 35.5. The van der Waals surface area contributed by atoms with Gasteiger partial charge in [0.1, 0.15) is 0 Å². The van der Waals surface area contributed by atoms with Crippen LogP contribution in [0.4, 0.5) is 0 Å². The van der Waals surface area contributed by atoms with E-state index in [1.165, 1.54) is 4.90 Å². The minimum Gasteiger partial charge on any atom is -0.330 e. The second-order valence-corrected chi connectivity index (χ2v) is 6.12. The number of carbonyl (C=O) groups is 2. The average molecular weight is 332 g/mol. The number of halogens is 1.